The molecule has 134 valence electrons. The highest BCUT2D eigenvalue weighted by Gasteiger charge is 2.33. The van der Waals surface area contributed by atoms with E-state index in [9.17, 15) is 9.59 Å². The number of amides is 1. The summed E-state index contributed by atoms with van der Waals surface area (Å²) >= 11 is 1.39. The summed E-state index contributed by atoms with van der Waals surface area (Å²) in [5.74, 6) is 1.79. The minimum Gasteiger partial charge on any atom is -0.493 e. The second-order valence-electron chi connectivity index (χ2n) is 5.99. The Morgan fingerprint density at radius 3 is 2.64 bits per heavy atom. The van der Waals surface area contributed by atoms with Crippen LogP contribution in [-0.2, 0) is 4.79 Å². The topological polar surface area (TPSA) is 85.4 Å². The molecule has 0 saturated carbocycles. The number of hydrogen-bond acceptors (Lipinski definition) is 5. The average Bonchev–Trinajstić information content (AvgIpc) is 2.81. The zero-order chi connectivity index (χ0) is 18.1. The molecule has 0 fully saturated rings. The Morgan fingerprint density at radius 2 is 2.00 bits per heavy atom. The third-order valence-electron chi connectivity index (χ3n) is 4.10. The van der Waals surface area contributed by atoms with Crippen molar-refractivity contribution in [3.63, 3.8) is 0 Å². The second-order valence-corrected chi connectivity index (χ2v) is 7.08. The van der Waals surface area contributed by atoms with Gasteiger partial charge in [-0.1, -0.05) is 12.1 Å². The number of hydrogen-bond donors (Lipinski definition) is 2. The standard InChI is InChI=1S/C17H21N3O4S/c1-9(2)20-16-13(17(22)19-20)15(25-8-12(21)18-16)10-6-5-7-11(23-3)14(10)24-4/h5-7,9,15H,8H2,1-4H3,(H,18,21)(H,19,22). The number of carbonyl (C=O) groups is 1. The number of anilines is 1. The molecule has 1 aliphatic heterocycles. The van der Waals surface area contributed by atoms with Crippen LogP contribution in [0.4, 0.5) is 5.82 Å². The van der Waals surface area contributed by atoms with E-state index in [1.165, 1.54) is 11.8 Å². The van der Waals surface area contributed by atoms with Gasteiger partial charge in [-0.3, -0.25) is 19.4 Å². The Kier molecular flexibility index (Phi) is 4.80. The van der Waals surface area contributed by atoms with Crippen molar-refractivity contribution in [2.45, 2.75) is 25.1 Å². The first-order valence-electron chi connectivity index (χ1n) is 7.94. The summed E-state index contributed by atoms with van der Waals surface area (Å²) < 4.78 is 12.6. The van der Waals surface area contributed by atoms with Gasteiger partial charge in [0.1, 0.15) is 5.82 Å². The number of thioether (sulfide) groups is 1. The van der Waals surface area contributed by atoms with Gasteiger partial charge in [0, 0.05) is 11.6 Å². The predicted octanol–water partition coefficient (Wildman–Crippen LogP) is 2.55. The van der Waals surface area contributed by atoms with Crippen LogP contribution in [0.3, 0.4) is 0 Å². The number of nitrogens with zero attached hydrogens (tertiary/aromatic N) is 1. The molecule has 1 aliphatic rings. The molecule has 1 aromatic carbocycles. The summed E-state index contributed by atoms with van der Waals surface area (Å²) in [7, 11) is 3.14. The van der Waals surface area contributed by atoms with Gasteiger partial charge >= 0.3 is 0 Å². The van der Waals surface area contributed by atoms with Crippen LogP contribution in [0.1, 0.15) is 36.3 Å². The number of ether oxygens (including phenoxy) is 2. The molecular formula is C17H21N3O4S. The predicted molar refractivity (Wildman–Crippen MR) is 97.9 cm³/mol. The van der Waals surface area contributed by atoms with Crippen molar-refractivity contribution in [3.05, 3.63) is 39.7 Å². The van der Waals surface area contributed by atoms with Crippen molar-refractivity contribution in [3.8, 4) is 11.5 Å². The maximum Gasteiger partial charge on any atom is 0.270 e. The Labute approximate surface area is 149 Å². The fourth-order valence-corrected chi connectivity index (χ4v) is 4.14. The lowest BCUT2D eigenvalue weighted by molar-refractivity contribution is -0.113. The summed E-state index contributed by atoms with van der Waals surface area (Å²) in [4.78, 5) is 24.8. The molecular weight excluding hydrogens is 342 g/mol. The number of carbonyl (C=O) groups excluding carboxylic acids is 1. The van der Waals surface area contributed by atoms with E-state index in [0.29, 0.717) is 22.9 Å². The van der Waals surface area contributed by atoms with Crippen molar-refractivity contribution in [2.24, 2.45) is 0 Å². The first-order valence-corrected chi connectivity index (χ1v) is 8.99. The third kappa shape index (κ3) is 3.02. The van der Waals surface area contributed by atoms with Crippen molar-refractivity contribution in [2.75, 3.05) is 25.3 Å². The number of benzene rings is 1. The molecule has 0 radical (unpaired) electrons. The normalized spacial score (nSPS) is 17.0. The molecule has 0 aliphatic carbocycles. The number of H-pyrrole nitrogens is 1. The van der Waals surface area contributed by atoms with E-state index in [4.69, 9.17) is 9.47 Å². The van der Waals surface area contributed by atoms with Crippen molar-refractivity contribution in [1.29, 1.82) is 0 Å². The van der Waals surface area contributed by atoms with Crippen LogP contribution >= 0.6 is 11.8 Å². The molecule has 25 heavy (non-hydrogen) atoms. The minimum absolute atomic E-state index is 0.00713. The summed E-state index contributed by atoms with van der Waals surface area (Å²) in [5, 5.41) is 5.34. The van der Waals surface area contributed by atoms with E-state index in [0.717, 1.165) is 5.56 Å². The van der Waals surface area contributed by atoms with Gasteiger partial charge in [-0.05, 0) is 19.9 Å². The zero-order valence-electron chi connectivity index (χ0n) is 14.6. The van der Waals surface area contributed by atoms with Gasteiger partial charge in [0.2, 0.25) is 5.91 Å². The van der Waals surface area contributed by atoms with E-state index in [-0.39, 0.29) is 28.5 Å². The first kappa shape index (κ1) is 17.5. The highest BCUT2D eigenvalue weighted by molar-refractivity contribution is 8.00. The Balaban J connectivity index is 2.23. The Hall–Kier alpha value is -2.35. The monoisotopic (exact) mass is 363 g/mol. The van der Waals surface area contributed by atoms with Crippen LogP contribution in [-0.4, -0.2) is 35.7 Å². The molecule has 2 N–H and O–H groups in total. The average molecular weight is 363 g/mol. The molecule has 1 amide bonds. The number of para-hydroxylation sites is 1. The maximum atomic E-state index is 12.7. The van der Waals surface area contributed by atoms with Gasteiger partial charge in [-0.2, -0.15) is 0 Å². The fourth-order valence-electron chi connectivity index (χ4n) is 3.00. The fraction of sp³-hybridized carbons (Fsp3) is 0.412. The zero-order valence-corrected chi connectivity index (χ0v) is 15.4. The molecule has 0 saturated heterocycles. The molecule has 8 heteroatoms. The van der Waals surface area contributed by atoms with Gasteiger partial charge in [0.15, 0.2) is 11.5 Å². The molecule has 7 nitrogen and oxygen atoms in total. The number of methoxy groups -OCH3 is 2. The summed E-state index contributed by atoms with van der Waals surface area (Å²) in [6.45, 7) is 3.89. The molecule has 1 unspecified atom stereocenters. The van der Waals surface area contributed by atoms with E-state index < -0.39 is 0 Å². The maximum absolute atomic E-state index is 12.7. The van der Waals surface area contributed by atoms with Gasteiger partial charge in [-0.25, -0.2) is 0 Å². The summed E-state index contributed by atoms with van der Waals surface area (Å²) in [6.07, 6.45) is 0. The van der Waals surface area contributed by atoms with Crippen molar-refractivity contribution in [1.82, 2.24) is 9.78 Å². The van der Waals surface area contributed by atoms with E-state index in [1.807, 2.05) is 26.0 Å². The number of rotatable bonds is 4. The van der Waals surface area contributed by atoms with E-state index >= 15 is 0 Å². The van der Waals surface area contributed by atoms with E-state index in [2.05, 4.69) is 10.4 Å². The quantitative estimate of drug-likeness (QED) is 0.872. The number of nitrogens with one attached hydrogen (secondary N) is 2. The molecule has 0 bridgehead atoms. The Bertz CT molecular complexity index is 856. The molecule has 1 aromatic heterocycles. The third-order valence-corrected chi connectivity index (χ3v) is 5.35. The SMILES string of the molecule is COc1cccc(C2SCC(=O)Nc3c2c(=O)[nH]n3C(C)C)c1OC. The molecule has 1 atom stereocenters. The van der Waals surface area contributed by atoms with Crippen LogP contribution in [0.25, 0.3) is 0 Å². The van der Waals surface area contributed by atoms with Gasteiger partial charge < -0.3 is 14.8 Å². The Morgan fingerprint density at radius 1 is 1.24 bits per heavy atom. The lowest BCUT2D eigenvalue weighted by atomic mass is 10.0. The minimum atomic E-state index is -0.345. The smallest absolute Gasteiger partial charge is 0.270 e. The molecule has 3 rings (SSSR count). The van der Waals surface area contributed by atoms with Crippen LogP contribution in [0, 0.1) is 0 Å². The van der Waals surface area contributed by atoms with E-state index in [1.54, 1.807) is 25.0 Å². The molecule has 2 aromatic rings. The van der Waals surface area contributed by atoms with Crippen LogP contribution < -0.4 is 20.3 Å². The number of aromatic nitrogens is 2. The molecule has 0 spiro atoms. The lowest BCUT2D eigenvalue weighted by Gasteiger charge is -2.19. The lowest BCUT2D eigenvalue weighted by Crippen LogP contribution is -2.17. The van der Waals surface area contributed by atoms with Crippen molar-refractivity contribution >= 4 is 23.5 Å². The van der Waals surface area contributed by atoms with Gasteiger partial charge in [0.05, 0.1) is 30.8 Å². The van der Waals surface area contributed by atoms with Crippen LogP contribution in [0.5, 0.6) is 11.5 Å². The first-order chi connectivity index (χ1) is 12.0. The number of fused-ring (bicyclic) bond motifs is 1. The van der Waals surface area contributed by atoms with Gasteiger partial charge in [0.25, 0.3) is 5.56 Å². The number of aromatic amines is 1. The van der Waals surface area contributed by atoms with Crippen molar-refractivity contribution < 1.29 is 14.3 Å². The summed E-state index contributed by atoms with van der Waals surface area (Å²) in [5.41, 5.74) is 1.11. The largest absolute Gasteiger partial charge is 0.493 e. The molecule has 2 heterocycles. The highest BCUT2D eigenvalue weighted by atomic mass is 32.2. The summed E-state index contributed by atoms with van der Waals surface area (Å²) in [6, 6.07) is 5.56. The highest BCUT2D eigenvalue weighted by Crippen LogP contribution is 2.46. The van der Waals surface area contributed by atoms with Crippen LogP contribution in [0.2, 0.25) is 0 Å². The van der Waals surface area contributed by atoms with Gasteiger partial charge in [-0.15, -0.1) is 11.8 Å². The van der Waals surface area contributed by atoms with Crippen LogP contribution in [0.15, 0.2) is 23.0 Å². The second kappa shape index (κ2) is 6.87.